The Balaban J connectivity index is 2.19. The fourth-order valence-corrected chi connectivity index (χ4v) is 3.09. The Labute approximate surface area is 140 Å². The van der Waals surface area contributed by atoms with E-state index in [0.29, 0.717) is 0 Å². The van der Waals surface area contributed by atoms with Gasteiger partial charge in [0.25, 0.3) is 0 Å². The van der Waals surface area contributed by atoms with E-state index in [2.05, 4.69) is 58.2 Å². The molecular formula is C17H20BrClN2. The summed E-state index contributed by atoms with van der Waals surface area (Å²) in [6, 6.07) is 16.4. The summed E-state index contributed by atoms with van der Waals surface area (Å²) in [7, 11) is 2.09. The van der Waals surface area contributed by atoms with Crippen LogP contribution in [0.5, 0.6) is 0 Å². The van der Waals surface area contributed by atoms with Crippen LogP contribution in [0.4, 0.5) is 0 Å². The monoisotopic (exact) mass is 366 g/mol. The first kappa shape index (κ1) is 16.5. The van der Waals surface area contributed by atoms with Crippen LogP contribution in [-0.4, -0.2) is 18.0 Å². The Morgan fingerprint density at radius 1 is 1.19 bits per heavy atom. The molecule has 21 heavy (non-hydrogen) atoms. The van der Waals surface area contributed by atoms with Crippen molar-refractivity contribution in [3.63, 3.8) is 0 Å². The molecule has 2 aromatic carbocycles. The largest absolute Gasteiger partial charge is 0.326 e. The first-order valence-electron chi connectivity index (χ1n) is 6.93. The maximum atomic E-state index is 6.21. The van der Waals surface area contributed by atoms with E-state index in [1.54, 1.807) is 0 Å². The number of nitrogens with zero attached hydrogens (tertiary/aromatic N) is 1. The Bertz CT molecular complexity index is 584. The van der Waals surface area contributed by atoms with Gasteiger partial charge in [-0.3, -0.25) is 4.90 Å². The molecule has 2 nitrogen and oxygen atoms in total. The van der Waals surface area contributed by atoms with E-state index < -0.39 is 0 Å². The van der Waals surface area contributed by atoms with Crippen LogP contribution in [0.25, 0.3) is 0 Å². The SMILES string of the molecule is CC(N)C(c1cccc(Cl)c1)N(C)Cc1ccc(Br)cc1. The average Bonchev–Trinajstić information content (AvgIpc) is 2.41. The lowest BCUT2D eigenvalue weighted by atomic mass is 9.99. The molecule has 2 atom stereocenters. The Kier molecular flexibility index (Phi) is 5.82. The van der Waals surface area contributed by atoms with Crippen molar-refractivity contribution >= 4 is 27.5 Å². The van der Waals surface area contributed by atoms with Gasteiger partial charge in [-0.15, -0.1) is 0 Å². The summed E-state index contributed by atoms with van der Waals surface area (Å²) in [4.78, 5) is 2.26. The van der Waals surface area contributed by atoms with Gasteiger partial charge in [0.2, 0.25) is 0 Å². The highest BCUT2D eigenvalue weighted by Gasteiger charge is 2.21. The van der Waals surface area contributed by atoms with E-state index in [1.807, 2.05) is 25.1 Å². The number of halogens is 2. The van der Waals surface area contributed by atoms with Gasteiger partial charge in [0.15, 0.2) is 0 Å². The minimum Gasteiger partial charge on any atom is -0.326 e. The van der Waals surface area contributed by atoms with Crippen molar-refractivity contribution in [2.24, 2.45) is 5.73 Å². The minimum absolute atomic E-state index is 0.0175. The summed E-state index contributed by atoms with van der Waals surface area (Å²) in [5.74, 6) is 0. The number of hydrogen-bond acceptors (Lipinski definition) is 2. The second kappa shape index (κ2) is 7.41. The molecule has 0 fully saturated rings. The number of likely N-dealkylation sites (N-methyl/N-ethyl adjacent to an activating group) is 1. The van der Waals surface area contributed by atoms with Crippen LogP contribution in [0.3, 0.4) is 0 Å². The third-order valence-corrected chi connectivity index (χ3v) is 4.27. The van der Waals surface area contributed by atoms with Gasteiger partial charge in [-0.2, -0.15) is 0 Å². The van der Waals surface area contributed by atoms with Crippen molar-refractivity contribution < 1.29 is 0 Å². The average molecular weight is 368 g/mol. The summed E-state index contributed by atoms with van der Waals surface area (Å²) in [5, 5.41) is 0.746. The summed E-state index contributed by atoms with van der Waals surface area (Å²) >= 11 is 9.57. The molecule has 0 bridgehead atoms. The topological polar surface area (TPSA) is 29.3 Å². The number of nitrogens with two attached hydrogens (primary N) is 1. The predicted octanol–water partition coefficient (Wildman–Crippen LogP) is 4.62. The predicted molar refractivity (Wildman–Crippen MR) is 93.5 cm³/mol. The molecule has 112 valence electrons. The van der Waals surface area contributed by atoms with E-state index in [9.17, 15) is 0 Å². The maximum Gasteiger partial charge on any atom is 0.0497 e. The standard InChI is InChI=1S/C17H20BrClN2/c1-12(20)17(14-4-3-5-16(19)10-14)21(2)11-13-6-8-15(18)9-7-13/h3-10,12,17H,11,20H2,1-2H3. The van der Waals surface area contributed by atoms with Gasteiger partial charge in [-0.25, -0.2) is 0 Å². The van der Waals surface area contributed by atoms with Gasteiger partial charge in [-0.05, 0) is 49.4 Å². The number of rotatable bonds is 5. The van der Waals surface area contributed by atoms with Crippen molar-refractivity contribution in [2.75, 3.05) is 7.05 Å². The lowest BCUT2D eigenvalue weighted by Gasteiger charge is -2.31. The molecule has 2 N–H and O–H groups in total. The van der Waals surface area contributed by atoms with Gasteiger partial charge in [0, 0.05) is 28.1 Å². The highest BCUT2D eigenvalue weighted by atomic mass is 79.9. The lowest BCUT2D eigenvalue weighted by molar-refractivity contribution is 0.211. The number of hydrogen-bond donors (Lipinski definition) is 1. The molecule has 0 aromatic heterocycles. The zero-order chi connectivity index (χ0) is 15.4. The maximum absolute atomic E-state index is 6.21. The molecule has 0 aliphatic carbocycles. The molecule has 0 saturated carbocycles. The molecule has 2 aromatic rings. The quantitative estimate of drug-likeness (QED) is 0.835. The van der Waals surface area contributed by atoms with E-state index >= 15 is 0 Å². The molecule has 0 saturated heterocycles. The molecule has 2 rings (SSSR count). The van der Waals surface area contributed by atoms with Crippen LogP contribution in [0.15, 0.2) is 53.0 Å². The zero-order valence-corrected chi connectivity index (χ0v) is 14.6. The third-order valence-electron chi connectivity index (χ3n) is 3.51. The number of benzene rings is 2. The van der Waals surface area contributed by atoms with Crippen molar-refractivity contribution in [1.82, 2.24) is 4.90 Å². The van der Waals surface area contributed by atoms with Gasteiger partial charge >= 0.3 is 0 Å². The van der Waals surface area contributed by atoms with Gasteiger partial charge in [-0.1, -0.05) is 51.8 Å². The molecule has 0 aliphatic heterocycles. The summed E-state index contributed by atoms with van der Waals surface area (Å²) in [5.41, 5.74) is 8.61. The lowest BCUT2D eigenvalue weighted by Crippen LogP contribution is -2.36. The van der Waals surface area contributed by atoms with Gasteiger partial charge in [0.05, 0.1) is 0 Å². The summed E-state index contributed by atoms with van der Waals surface area (Å²) in [6.07, 6.45) is 0. The highest BCUT2D eigenvalue weighted by Crippen LogP contribution is 2.26. The Morgan fingerprint density at radius 2 is 1.86 bits per heavy atom. The molecule has 0 amide bonds. The normalized spacial score (nSPS) is 14.2. The van der Waals surface area contributed by atoms with Crippen LogP contribution in [-0.2, 0) is 6.54 Å². The van der Waals surface area contributed by atoms with Crippen LogP contribution >= 0.6 is 27.5 Å². The Hall–Kier alpha value is -0.870. The molecule has 4 heteroatoms. The van der Waals surface area contributed by atoms with E-state index in [0.717, 1.165) is 21.6 Å². The molecule has 0 radical (unpaired) electrons. The molecular weight excluding hydrogens is 348 g/mol. The van der Waals surface area contributed by atoms with Crippen molar-refractivity contribution in [3.05, 3.63) is 69.2 Å². The van der Waals surface area contributed by atoms with Crippen molar-refractivity contribution in [2.45, 2.75) is 25.6 Å². The van der Waals surface area contributed by atoms with Gasteiger partial charge < -0.3 is 5.73 Å². The highest BCUT2D eigenvalue weighted by molar-refractivity contribution is 9.10. The van der Waals surface area contributed by atoms with Crippen LogP contribution in [0, 0.1) is 0 Å². The fourth-order valence-electron chi connectivity index (χ4n) is 2.63. The molecule has 0 aliphatic rings. The van der Waals surface area contributed by atoms with E-state index in [1.165, 1.54) is 5.56 Å². The molecule has 0 heterocycles. The minimum atomic E-state index is 0.0175. The zero-order valence-electron chi connectivity index (χ0n) is 12.3. The summed E-state index contributed by atoms with van der Waals surface area (Å²) in [6.45, 7) is 2.87. The second-order valence-corrected chi connectivity index (χ2v) is 6.75. The molecule has 2 unspecified atom stereocenters. The van der Waals surface area contributed by atoms with Crippen molar-refractivity contribution in [3.8, 4) is 0 Å². The van der Waals surface area contributed by atoms with Crippen molar-refractivity contribution in [1.29, 1.82) is 0 Å². The first-order chi connectivity index (χ1) is 9.97. The smallest absolute Gasteiger partial charge is 0.0497 e. The van der Waals surface area contributed by atoms with Crippen LogP contribution < -0.4 is 5.73 Å². The first-order valence-corrected chi connectivity index (χ1v) is 8.10. The fraction of sp³-hybridized carbons (Fsp3) is 0.294. The van der Waals surface area contributed by atoms with Crippen LogP contribution in [0.1, 0.15) is 24.1 Å². The summed E-state index contributed by atoms with van der Waals surface area (Å²) < 4.78 is 1.09. The second-order valence-electron chi connectivity index (χ2n) is 5.40. The molecule has 0 spiro atoms. The van der Waals surface area contributed by atoms with Crippen LogP contribution in [0.2, 0.25) is 5.02 Å². The van der Waals surface area contributed by atoms with E-state index in [-0.39, 0.29) is 12.1 Å². The van der Waals surface area contributed by atoms with E-state index in [4.69, 9.17) is 17.3 Å². The van der Waals surface area contributed by atoms with Gasteiger partial charge in [0.1, 0.15) is 0 Å². The third kappa shape index (κ3) is 4.55. The Morgan fingerprint density at radius 3 is 2.43 bits per heavy atom.